The molecule has 2 aromatic rings. The minimum atomic E-state index is -0.216. The zero-order valence-corrected chi connectivity index (χ0v) is 16.0. The minimum Gasteiger partial charge on any atom is -0.354 e. The summed E-state index contributed by atoms with van der Waals surface area (Å²) < 4.78 is 0. The highest BCUT2D eigenvalue weighted by Gasteiger charge is 2.22. The van der Waals surface area contributed by atoms with Gasteiger partial charge in [-0.25, -0.2) is 0 Å². The molecule has 0 aliphatic heterocycles. The van der Waals surface area contributed by atoms with Crippen molar-refractivity contribution in [3.05, 3.63) is 52.3 Å². The number of aromatic amines is 1. The number of H-pyrrole nitrogens is 1. The van der Waals surface area contributed by atoms with Crippen LogP contribution in [-0.2, 0) is 13.0 Å². The van der Waals surface area contributed by atoms with Crippen molar-refractivity contribution in [2.45, 2.75) is 40.7 Å². The maximum absolute atomic E-state index is 12.7. The number of amides is 1. The summed E-state index contributed by atoms with van der Waals surface area (Å²) in [6, 6.07) is 7.72. The summed E-state index contributed by atoms with van der Waals surface area (Å²) in [4.78, 5) is 27.7. The summed E-state index contributed by atoms with van der Waals surface area (Å²) in [7, 11) is 0. The van der Waals surface area contributed by atoms with Crippen LogP contribution in [0, 0.1) is 6.92 Å². The second kappa shape index (κ2) is 9.39. The lowest BCUT2D eigenvalue weighted by Crippen LogP contribution is -2.18. The Kier molecular flexibility index (Phi) is 7.87. The molecule has 0 aliphatic carbocycles. The molecule has 0 bridgehead atoms. The van der Waals surface area contributed by atoms with Crippen LogP contribution in [0.5, 0.6) is 0 Å². The number of benzene rings is 1. The number of para-hydroxylation sites is 1. The van der Waals surface area contributed by atoms with E-state index in [0.717, 1.165) is 29.1 Å². The lowest BCUT2D eigenvalue weighted by molar-refractivity contribution is 0.101. The molecule has 25 heavy (non-hydrogen) atoms. The van der Waals surface area contributed by atoms with E-state index in [1.54, 1.807) is 0 Å². The smallest absolute Gasteiger partial charge is 0.272 e. The number of aromatic nitrogens is 1. The summed E-state index contributed by atoms with van der Waals surface area (Å²) >= 11 is 0. The Labute approximate surface area is 155 Å². The van der Waals surface area contributed by atoms with Crippen LogP contribution >= 0.6 is 12.4 Å². The van der Waals surface area contributed by atoms with Crippen molar-refractivity contribution in [1.29, 1.82) is 0 Å². The van der Waals surface area contributed by atoms with Crippen molar-refractivity contribution in [2.75, 3.05) is 11.9 Å². The van der Waals surface area contributed by atoms with Gasteiger partial charge in [0.2, 0.25) is 0 Å². The number of carbonyl (C=O) groups is 2. The lowest BCUT2D eigenvalue weighted by Gasteiger charge is -2.11. The number of anilines is 1. The molecule has 0 unspecified atom stereocenters. The molecule has 0 fully saturated rings. The van der Waals surface area contributed by atoms with E-state index in [2.05, 4.69) is 15.6 Å². The summed E-state index contributed by atoms with van der Waals surface area (Å²) in [5, 5.41) is 6.23. The third-order valence-electron chi connectivity index (χ3n) is 4.05. The fourth-order valence-corrected chi connectivity index (χ4v) is 2.94. The second-order valence-electron chi connectivity index (χ2n) is 5.78. The maximum atomic E-state index is 12.7. The first-order valence-corrected chi connectivity index (χ1v) is 8.31. The van der Waals surface area contributed by atoms with E-state index in [9.17, 15) is 9.59 Å². The van der Waals surface area contributed by atoms with Crippen LogP contribution in [0.2, 0.25) is 0 Å². The molecule has 5 nitrogen and oxygen atoms in total. The van der Waals surface area contributed by atoms with Gasteiger partial charge in [0, 0.05) is 23.5 Å². The van der Waals surface area contributed by atoms with E-state index in [4.69, 9.17) is 0 Å². The van der Waals surface area contributed by atoms with Gasteiger partial charge in [0.15, 0.2) is 5.78 Å². The van der Waals surface area contributed by atoms with Crippen LogP contribution in [0.15, 0.2) is 24.3 Å². The number of hydrogen-bond donors (Lipinski definition) is 3. The second-order valence-corrected chi connectivity index (χ2v) is 5.78. The number of Topliss-reactive ketones (excluding diaryl/α,β-unsaturated/α-hetero) is 1. The van der Waals surface area contributed by atoms with Gasteiger partial charge in [-0.15, -0.1) is 12.4 Å². The molecule has 1 amide bonds. The Bertz CT molecular complexity index is 753. The molecule has 1 aromatic carbocycles. The van der Waals surface area contributed by atoms with Crippen molar-refractivity contribution in [1.82, 2.24) is 10.3 Å². The van der Waals surface area contributed by atoms with Gasteiger partial charge >= 0.3 is 0 Å². The normalized spacial score (nSPS) is 10.2. The SMILES string of the molecule is CCNCc1ccccc1NC(=O)c1[nH]c(C)c(C(C)=O)c1CC.Cl. The Hall–Kier alpha value is -2.11. The molecule has 0 spiro atoms. The van der Waals surface area contributed by atoms with Gasteiger partial charge in [0.05, 0.1) is 0 Å². The number of carbonyl (C=O) groups excluding carboxylic acids is 2. The van der Waals surface area contributed by atoms with E-state index in [1.807, 2.05) is 45.0 Å². The van der Waals surface area contributed by atoms with Gasteiger partial charge in [-0.3, -0.25) is 9.59 Å². The summed E-state index contributed by atoms with van der Waals surface area (Å²) in [6.07, 6.45) is 0.626. The molecule has 1 heterocycles. The molecule has 1 aromatic heterocycles. The largest absolute Gasteiger partial charge is 0.354 e. The van der Waals surface area contributed by atoms with E-state index < -0.39 is 0 Å². The highest BCUT2D eigenvalue weighted by atomic mass is 35.5. The standard InChI is InChI=1S/C19H25N3O2.ClH/c1-5-15-17(13(4)23)12(3)21-18(15)19(24)22-16-10-8-7-9-14(16)11-20-6-2;/h7-10,20-21H,5-6,11H2,1-4H3,(H,22,24);1H. The fourth-order valence-electron chi connectivity index (χ4n) is 2.94. The van der Waals surface area contributed by atoms with Crippen molar-refractivity contribution in [3.63, 3.8) is 0 Å². The van der Waals surface area contributed by atoms with E-state index in [-0.39, 0.29) is 24.1 Å². The quantitative estimate of drug-likeness (QED) is 0.654. The van der Waals surface area contributed by atoms with E-state index in [1.165, 1.54) is 6.92 Å². The number of hydrogen-bond acceptors (Lipinski definition) is 3. The molecule has 2 rings (SSSR count). The Balaban J connectivity index is 0.00000312. The first-order valence-electron chi connectivity index (χ1n) is 8.31. The number of aryl methyl sites for hydroxylation is 1. The third-order valence-corrected chi connectivity index (χ3v) is 4.05. The van der Waals surface area contributed by atoms with Gasteiger partial charge in [-0.05, 0) is 44.0 Å². The third kappa shape index (κ3) is 4.71. The van der Waals surface area contributed by atoms with E-state index in [0.29, 0.717) is 24.2 Å². The molecule has 0 radical (unpaired) electrons. The summed E-state index contributed by atoms with van der Waals surface area (Å²) in [6.45, 7) is 8.90. The fraction of sp³-hybridized carbons (Fsp3) is 0.368. The predicted molar refractivity (Wildman–Crippen MR) is 104 cm³/mol. The molecular weight excluding hydrogens is 338 g/mol. The monoisotopic (exact) mass is 363 g/mol. The molecule has 0 saturated heterocycles. The number of ketones is 1. The zero-order valence-electron chi connectivity index (χ0n) is 15.2. The Morgan fingerprint density at radius 1 is 1.16 bits per heavy atom. The van der Waals surface area contributed by atoms with Crippen molar-refractivity contribution < 1.29 is 9.59 Å². The Morgan fingerprint density at radius 2 is 1.84 bits per heavy atom. The van der Waals surface area contributed by atoms with Gasteiger partial charge < -0.3 is 15.6 Å². The number of nitrogens with one attached hydrogen (secondary N) is 3. The van der Waals surface area contributed by atoms with Crippen molar-refractivity contribution in [2.24, 2.45) is 0 Å². The Morgan fingerprint density at radius 3 is 2.44 bits per heavy atom. The summed E-state index contributed by atoms with van der Waals surface area (Å²) in [5.74, 6) is -0.237. The van der Waals surface area contributed by atoms with Crippen LogP contribution < -0.4 is 10.6 Å². The number of rotatable bonds is 7. The average Bonchev–Trinajstić information content (AvgIpc) is 2.90. The molecule has 0 aliphatic rings. The molecule has 6 heteroatoms. The van der Waals surface area contributed by atoms with Gasteiger partial charge in [0.25, 0.3) is 5.91 Å². The van der Waals surface area contributed by atoms with Crippen LogP contribution in [0.3, 0.4) is 0 Å². The van der Waals surface area contributed by atoms with E-state index >= 15 is 0 Å². The highest BCUT2D eigenvalue weighted by molar-refractivity contribution is 6.08. The first kappa shape index (κ1) is 20.9. The predicted octanol–water partition coefficient (Wildman–Crippen LogP) is 3.87. The van der Waals surface area contributed by atoms with Gasteiger partial charge in [0.1, 0.15) is 5.69 Å². The molecular formula is C19H26ClN3O2. The van der Waals surface area contributed by atoms with Crippen molar-refractivity contribution >= 4 is 29.8 Å². The average molecular weight is 364 g/mol. The number of halogens is 1. The molecule has 0 atom stereocenters. The van der Waals surface area contributed by atoms with Crippen LogP contribution in [0.1, 0.15) is 58.4 Å². The summed E-state index contributed by atoms with van der Waals surface area (Å²) in [5.41, 5.74) is 4.43. The topological polar surface area (TPSA) is 74.0 Å². The molecule has 3 N–H and O–H groups in total. The molecule has 0 saturated carbocycles. The first-order chi connectivity index (χ1) is 11.5. The molecule has 136 valence electrons. The minimum absolute atomic E-state index is 0. The van der Waals surface area contributed by atoms with Crippen LogP contribution in [0.4, 0.5) is 5.69 Å². The van der Waals surface area contributed by atoms with Gasteiger partial charge in [-0.2, -0.15) is 0 Å². The van der Waals surface area contributed by atoms with Gasteiger partial charge in [-0.1, -0.05) is 32.0 Å². The highest BCUT2D eigenvalue weighted by Crippen LogP contribution is 2.22. The van der Waals surface area contributed by atoms with Crippen LogP contribution in [0.25, 0.3) is 0 Å². The van der Waals surface area contributed by atoms with Crippen molar-refractivity contribution in [3.8, 4) is 0 Å². The lowest BCUT2D eigenvalue weighted by atomic mass is 10.0. The maximum Gasteiger partial charge on any atom is 0.272 e. The zero-order chi connectivity index (χ0) is 17.7. The van der Waals surface area contributed by atoms with Crippen LogP contribution in [-0.4, -0.2) is 23.2 Å².